The SMILES string of the molecule is Cc1c(N)cc(C(=O)Nc2c(Cl)cc(Br)cc2Cl)cc1F. The highest BCUT2D eigenvalue weighted by atomic mass is 79.9. The van der Waals surface area contributed by atoms with Crippen LogP contribution in [0.4, 0.5) is 15.8 Å². The predicted molar refractivity (Wildman–Crippen MR) is 87.7 cm³/mol. The van der Waals surface area contributed by atoms with Gasteiger partial charge in [-0.05, 0) is 31.2 Å². The highest BCUT2D eigenvalue weighted by Gasteiger charge is 2.15. The molecule has 2 rings (SSSR count). The number of carbonyl (C=O) groups is 1. The largest absolute Gasteiger partial charge is 0.398 e. The van der Waals surface area contributed by atoms with E-state index in [1.807, 2.05) is 0 Å². The van der Waals surface area contributed by atoms with Crippen LogP contribution < -0.4 is 11.1 Å². The van der Waals surface area contributed by atoms with E-state index in [0.717, 1.165) is 6.07 Å². The molecule has 0 saturated heterocycles. The maximum atomic E-state index is 13.6. The van der Waals surface area contributed by atoms with Crippen molar-refractivity contribution in [2.24, 2.45) is 0 Å². The van der Waals surface area contributed by atoms with Gasteiger partial charge in [-0.2, -0.15) is 0 Å². The molecule has 0 aliphatic heterocycles. The topological polar surface area (TPSA) is 55.1 Å². The van der Waals surface area contributed by atoms with Crippen molar-refractivity contribution < 1.29 is 9.18 Å². The Morgan fingerprint density at radius 2 is 1.81 bits per heavy atom. The second kappa shape index (κ2) is 6.22. The van der Waals surface area contributed by atoms with Gasteiger partial charge in [-0.3, -0.25) is 4.79 Å². The summed E-state index contributed by atoms with van der Waals surface area (Å²) in [6.45, 7) is 1.54. The van der Waals surface area contributed by atoms with Gasteiger partial charge in [0.2, 0.25) is 0 Å². The van der Waals surface area contributed by atoms with Gasteiger partial charge in [0.15, 0.2) is 0 Å². The third-order valence-electron chi connectivity index (χ3n) is 2.89. The zero-order valence-electron chi connectivity index (χ0n) is 10.8. The summed E-state index contributed by atoms with van der Waals surface area (Å²) < 4.78 is 14.3. The fourth-order valence-corrected chi connectivity index (χ4v) is 2.98. The molecule has 0 aliphatic rings. The van der Waals surface area contributed by atoms with Gasteiger partial charge in [-0.25, -0.2) is 4.39 Å². The summed E-state index contributed by atoms with van der Waals surface area (Å²) in [6, 6.07) is 5.69. The Hall–Kier alpha value is -1.30. The van der Waals surface area contributed by atoms with Crippen molar-refractivity contribution in [3.63, 3.8) is 0 Å². The Bertz CT molecular complexity index is 691. The number of amides is 1. The molecule has 0 fully saturated rings. The lowest BCUT2D eigenvalue weighted by atomic mass is 10.1. The van der Waals surface area contributed by atoms with Crippen molar-refractivity contribution in [3.05, 3.63) is 55.7 Å². The molecule has 2 aromatic carbocycles. The minimum Gasteiger partial charge on any atom is -0.398 e. The van der Waals surface area contributed by atoms with Gasteiger partial charge in [-0.1, -0.05) is 39.1 Å². The Labute approximate surface area is 139 Å². The molecule has 2 aromatic rings. The molecule has 0 atom stereocenters. The van der Waals surface area contributed by atoms with Gasteiger partial charge in [0.1, 0.15) is 5.82 Å². The van der Waals surface area contributed by atoms with E-state index in [4.69, 9.17) is 28.9 Å². The molecular formula is C14H10BrCl2FN2O. The summed E-state index contributed by atoms with van der Waals surface area (Å²) in [6.07, 6.45) is 0. The molecule has 7 heteroatoms. The second-order valence-corrected chi connectivity index (χ2v) is 6.10. The average Bonchev–Trinajstić information content (AvgIpc) is 2.39. The van der Waals surface area contributed by atoms with Gasteiger partial charge >= 0.3 is 0 Å². The van der Waals surface area contributed by atoms with Gasteiger partial charge < -0.3 is 11.1 Å². The van der Waals surface area contributed by atoms with E-state index in [0.29, 0.717) is 10.0 Å². The number of nitrogens with two attached hydrogens (primary N) is 1. The molecule has 0 saturated carbocycles. The van der Waals surface area contributed by atoms with E-state index >= 15 is 0 Å². The molecule has 0 bridgehead atoms. The fourth-order valence-electron chi connectivity index (χ4n) is 1.68. The third-order valence-corrected chi connectivity index (χ3v) is 3.95. The Balaban J connectivity index is 2.35. The van der Waals surface area contributed by atoms with Gasteiger partial charge in [-0.15, -0.1) is 0 Å². The average molecular weight is 392 g/mol. The predicted octanol–water partition coefficient (Wildman–Crippen LogP) is 5.04. The number of hydrogen-bond donors (Lipinski definition) is 2. The summed E-state index contributed by atoms with van der Waals surface area (Å²) in [5, 5.41) is 3.08. The Kier molecular flexibility index (Phi) is 4.76. The van der Waals surface area contributed by atoms with Crippen molar-refractivity contribution in [2.75, 3.05) is 11.1 Å². The smallest absolute Gasteiger partial charge is 0.255 e. The van der Waals surface area contributed by atoms with Crippen molar-refractivity contribution >= 4 is 56.4 Å². The summed E-state index contributed by atoms with van der Waals surface area (Å²) in [5.41, 5.74) is 6.50. The van der Waals surface area contributed by atoms with Crippen LogP contribution in [0.1, 0.15) is 15.9 Å². The first-order valence-corrected chi connectivity index (χ1v) is 7.36. The van der Waals surface area contributed by atoms with Gasteiger partial charge in [0, 0.05) is 21.3 Å². The van der Waals surface area contributed by atoms with Crippen LogP contribution in [0.5, 0.6) is 0 Å². The Morgan fingerprint density at radius 1 is 1.24 bits per heavy atom. The molecule has 0 heterocycles. The van der Waals surface area contributed by atoms with E-state index < -0.39 is 11.7 Å². The number of nitrogen functional groups attached to an aromatic ring is 1. The van der Waals surface area contributed by atoms with Crippen LogP contribution in [0.15, 0.2) is 28.7 Å². The lowest BCUT2D eigenvalue weighted by molar-refractivity contribution is 0.102. The lowest BCUT2D eigenvalue weighted by Crippen LogP contribution is -2.14. The fraction of sp³-hybridized carbons (Fsp3) is 0.0714. The van der Waals surface area contributed by atoms with Crippen LogP contribution >= 0.6 is 39.1 Å². The van der Waals surface area contributed by atoms with Crippen LogP contribution in [0, 0.1) is 12.7 Å². The highest BCUT2D eigenvalue weighted by molar-refractivity contribution is 9.10. The molecule has 0 unspecified atom stereocenters. The van der Waals surface area contributed by atoms with Crippen LogP contribution in [0.3, 0.4) is 0 Å². The first-order valence-electron chi connectivity index (χ1n) is 5.81. The molecule has 3 nitrogen and oxygen atoms in total. The van der Waals surface area contributed by atoms with E-state index in [1.165, 1.54) is 13.0 Å². The van der Waals surface area contributed by atoms with Crippen LogP contribution in [-0.4, -0.2) is 5.91 Å². The van der Waals surface area contributed by atoms with Crippen molar-refractivity contribution in [3.8, 4) is 0 Å². The number of hydrogen-bond acceptors (Lipinski definition) is 2. The first-order chi connectivity index (χ1) is 9.79. The molecular weight excluding hydrogens is 382 g/mol. The van der Waals surface area contributed by atoms with E-state index in [2.05, 4.69) is 21.2 Å². The molecule has 0 radical (unpaired) electrons. The molecule has 21 heavy (non-hydrogen) atoms. The first kappa shape index (κ1) is 16.1. The zero-order chi connectivity index (χ0) is 15.7. The minimum absolute atomic E-state index is 0.0886. The number of halogens is 4. The summed E-state index contributed by atoms with van der Waals surface area (Å²) in [7, 11) is 0. The molecule has 1 amide bonds. The van der Waals surface area contributed by atoms with Crippen molar-refractivity contribution in [1.82, 2.24) is 0 Å². The standard InChI is InChI=1S/C14H10BrCl2FN2O/c1-6-11(18)2-7(3-12(6)19)14(21)20-13-9(16)4-8(15)5-10(13)17/h2-5H,19H2,1H3,(H,20,21). The maximum absolute atomic E-state index is 13.6. The van der Waals surface area contributed by atoms with Crippen LogP contribution in [0.25, 0.3) is 0 Å². The number of carbonyl (C=O) groups excluding carboxylic acids is 1. The highest BCUT2D eigenvalue weighted by Crippen LogP contribution is 2.34. The quantitative estimate of drug-likeness (QED) is 0.704. The molecule has 110 valence electrons. The van der Waals surface area contributed by atoms with Crippen LogP contribution in [0.2, 0.25) is 10.0 Å². The normalized spacial score (nSPS) is 10.5. The number of rotatable bonds is 2. The maximum Gasteiger partial charge on any atom is 0.255 e. The molecule has 0 spiro atoms. The minimum atomic E-state index is -0.549. The van der Waals surface area contributed by atoms with E-state index in [-0.39, 0.29) is 27.0 Å². The zero-order valence-corrected chi connectivity index (χ0v) is 13.9. The number of nitrogens with one attached hydrogen (secondary N) is 1. The third kappa shape index (κ3) is 3.48. The Morgan fingerprint density at radius 3 is 2.33 bits per heavy atom. The summed E-state index contributed by atoms with van der Waals surface area (Å²) in [5.74, 6) is -1.10. The van der Waals surface area contributed by atoms with Crippen molar-refractivity contribution in [1.29, 1.82) is 0 Å². The van der Waals surface area contributed by atoms with Gasteiger partial charge in [0.25, 0.3) is 5.91 Å². The van der Waals surface area contributed by atoms with Gasteiger partial charge in [0.05, 0.1) is 15.7 Å². The monoisotopic (exact) mass is 390 g/mol. The lowest BCUT2D eigenvalue weighted by Gasteiger charge is -2.11. The van der Waals surface area contributed by atoms with E-state index in [9.17, 15) is 9.18 Å². The molecule has 3 N–H and O–H groups in total. The molecule has 0 aromatic heterocycles. The number of benzene rings is 2. The molecule has 0 aliphatic carbocycles. The summed E-state index contributed by atoms with van der Waals surface area (Å²) in [4.78, 5) is 12.2. The number of anilines is 2. The van der Waals surface area contributed by atoms with Crippen LogP contribution in [-0.2, 0) is 0 Å². The second-order valence-electron chi connectivity index (χ2n) is 4.37. The van der Waals surface area contributed by atoms with Crippen molar-refractivity contribution in [2.45, 2.75) is 6.92 Å². The van der Waals surface area contributed by atoms with E-state index in [1.54, 1.807) is 12.1 Å². The summed E-state index contributed by atoms with van der Waals surface area (Å²) >= 11 is 15.3.